The molecule has 0 saturated carbocycles. The number of amides is 1. The average Bonchev–Trinajstić information content (AvgIpc) is 2.77. The molecule has 7 heteroatoms. The molecule has 0 saturated heterocycles. The van der Waals surface area contributed by atoms with E-state index in [0.29, 0.717) is 6.42 Å². The highest BCUT2D eigenvalue weighted by Crippen LogP contribution is 2.40. The van der Waals surface area contributed by atoms with E-state index in [1.807, 2.05) is 0 Å². The highest BCUT2D eigenvalue weighted by atomic mass is 32.2. The van der Waals surface area contributed by atoms with Crippen molar-refractivity contribution in [2.24, 2.45) is 11.7 Å². The summed E-state index contributed by atoms with van der Waals surface area (Å²) in [6, 6.07) is 5.67. The van der Waals surface area contributed by atoms with Crippen LogP contribution in [-0.4, -0.2) is 17.5 Å². The summed E-state index contributed by atoms with van der Waals surface area (Å²) < 4.78 is 37.3. The fourth-order valence-electron chi connectivity index (χ4n) is 1.93. The van der Waals surface area contributed by atoms with Gasteiger partial charge in [0.15, 0.2) is 0 Å². The number of benzene rings is 1. The van der Waals surface area contributed by atoms with E-state index in [9.17, 15) is 18.0 Å². The summed E-state index contributed by atoms with van der Waals surface area (Å²) in [5.41, 5.74) is 1.42. The second-order valence-corrected chi connectivity index (χ2v) is 5.53. The number of carbonyl (C=O) groups is 1. The first kappa shape index (κ1) is 14.9. The Morgan fingerprint density at radius 3 is 2.60 bits per heavy atom. The Bertz CT molecular complexity index is 531. The number of nitrogens with one attached hydrogen (secondary N) is 1. The van der Waals surface area contributed by atoms with E-state index >= 15 is 0 Å². The number of carbonyl (C=O) groups excluding carboxylic acids is 1. The molecule has 1 aliphatic carbocycles. The second-order valence-electron chi connectivity index (χ2n) is 4.42. The number of hydrogen-bond acceptors (Lipinski definition) is 3. The summed E-state index contributed by atoms with van der Waals surface area (Å²) in [5.74, 6) is -0.738. The number of alkyl halides is 3. The van der Waals surface area contributed by atoms with E-state index in [1.165, 1.54) is 18.2 Å². The van der Waals surface area contributed by atoms with Crippen LogP contribution in [0, 0.1) is 5.92 Å². The molecule has 2 atom stereocenters. The molecule has 1 aromatic carbocycles. The van der Waals surface area contributed by atoms with Crippen molar-refractivity contribution in [2.45, 2.75) is 22.9 Å². The van der Waals surface area contributed by atoms with Gasteiger partial charge in [-0.1, -0.05) is 24.3 Å². The van der Waals surface area contributed by atoms with Crippen LogP contribution in [0.4, 0.5) is 18.9 Å². The number of thioether (sulfide) groups is 1. The van der Waals surface area contributed by atoms with E-state index in [0.717, 1.165) is 0 Å². The first-order valence-electron chi connectivity index (χ1n) is 5.95. The zero-order valence-electron chi connectivity index (χ0n) is 10.4. The molecule has 0 radical (unpaired) electrons. The lowest BCUT2D eigenvalue weighted by atomic mass is 10.1. The minimum absolute atomic E-state index is 0.0281. The molecule has 2 rings (SSSR count). The van der Waals surface area contributed by atoms with Gasteiger partial charge in [0.2, 0.25) is 5.91 Å². The largest absolute Gasteiger partial charge is 0.446 e. The van der Waals surface area contributed by atoms with Crippen molar-refractivity contribution in [3.05, 3.63) is 36.4 Å². The summed E-state index contributed by atoms with van der Waals surface area (Å²) in [6.45, 7) is 0. The fourth-order valence-corrected chi connectivity index (χ4v) is 2.56. The first-order chi connectivity index (χ1) is 9.35. The molecule has 0 spiro atoms. The highest BCUT2D eigenvalue weighted by molar-refractivity contribution is 8.00. The third-order valence-corrected chi connectivity index (χ3v) is 3.63. The molecular formula is C13H13F3N2OS. The number of halogens is 3. The summed E-state index contributed by atoms with van der Waals surface area (Å²) >= 11 is -0.245. The van der Waals surface area contributed by atoms with Crippen molar-refractivity contribution in [1.82, 2.24) is 0 Å². The van der Waals surface area contributed by atoms with Gasteiger partial charge in [-0.2, -0.15) is 13.2 Å². The molecule has 0 bridgehead atoms. The number of hydrogen-bond donors (Lipinski definition) is 2. The molecule has 1 amide bonds. The van der Waals surface area contributed by atoms with Crippen molar-refractivity contribution >= 4 is 23.4 Å². The average molecular weight is 302 g/mol. The van der Waals surface area contributed by atoms with Gasteiger partial charge in [0.05, 0.1) is 11.6 Å². The van der Waals surface area contributed by atoms with E-state index in [1.54, 1.807) is 18.2 Å². The number of nitrogens with two attached hydrogens (primary N) is 1. The van der Waals surface area contributed by atoms with Gasteiger partial charge in [0, 0.05) is 10.9 Å². The van der Waals surface area contributed by atoms with Crippen LogP contribution >= 0.6 is 11.8 Å². The predicted octanol–water partition coefficient (Wildman–Crippen LogP) is 3.14. The van der Waals surface area contributed by atoms with Gasteiger partial charge in [-0.25, -0.2) is 0 Å². The molecule has 1 aromatic rings. The number of rotatable bonds is 3. The van der Waals surface area contributed by atoms with Crippen molar-refractivity contribution in [1.29, 1.82) is 0 Å². The smallest absolute Gasteiger partial charge is 0.325 e. The van der Waals surface area contributed by atoms with Crippen LogP contribution in [0.3, 0.4) is 0 Å². The molecule has 108 valence electrons. The Labute approximate surface area is 118 Å². The van der Waals surface area contributed by atoms with Crippen LogP contribution in [0.5, 0.6) is 0 Å². The topological polar surface area (TPSA) is 55.1 Å². The zero-order valence-corrected chi connectivity index (χ0v) is 11.2. The Morgan fingerprint density at radius 2 is 2.00 bits per heavy atom. The van der Waals surface area contributed by atoms with Gasteiger partial charge in [0.25, 0.3) is 0 Å². The van der Waals surface area contributed by atoms with Crippen molar-refractivity contribution in [3.63, 3.8) is 0 Å². The normalized spacial score (nSPS) is 22.0. The number of anilines is 1. The fraction of sp³-hybridized carbons (Fsp3) is 0.308. The SMILES string of the molecule is NC1C=CC(C(=O)Nc2ccccc2SC(F)(F)F)C1. The van der Waals surface area contributed by atoms with Crippen LogP contribution in [0.25, 0.3) is 0 Å². The minimum Gasteiger partial charge on any atom is -0.325 e. The van der Waals surface area contributed by atoms with E-state index in [2.05, 4.69) is 5.32 Å². The van der Waals surface area contributed by atoms with Gasteiger partial charge < -0.3 is 11.1 Å². The third kappa shape index (κ3) is 4.01. The lowest BCUT2D eigenvalue weighted by molar-refractivity contribution is -0.118. The maximum Gasteiger partial charge on any atom is 0.446 e. The Balaban J connectivity index is 2.09. The summed E-state index contributed by atoms with van der Waals surface area (Å²) in [5, 5.41) is 2.53. The first-order valence-corrected chi connectivity index (χ1v) is 6.76. The summed E-state index contributed by atoms with van der Waals surface area (Å²) in [7, 11) is 0. The Kier molecular flexibility index (Phi) is 4.39. The van der Waals surface area contributed by atoms with Crippen LogP contribution in [-0.2, 0) is 4.79 Å². The molecule has 2 unspecified atom stereocenters. The quantitative estimate of drug-likeness (QED) is 0.666. The van der Waals surface area contributed by atoms with E-state index < -0.39 is 11.4 Å². The van der Waals surface area contributed by atoms with Gasteiger partial charge in [-0.05, 0) is 30.3 Å². The van der Waals surface area contributed by atoms with E-state index in [-0.39, 0.29) is 34.3 Å². The van der Waals surface area contributed by atoms with Crippen LogP contribution < -0.4 is 11.1 Å². The monoisotopic (exact) mass is 302 g/mol. The minimum atomic E-state index is -4.39. The molecule has 3 N–H and O–H groups in total. The van der Waals surface area contributed by atoms with Crippen LogP contribution in [0.15, 0.2) is 41.3 Å². The summed E-state index contributed by atoms with van der Waals surface area (Å²) in [4.78, 5) is 11.9. The molecule has 0 aromatic heterocycles. The molecule has 3 nitrogen and oxygen atoms in total. The molecule has 1 aliphatic rings. The maximum atomic E-state index is 12.4. The van der Waals surface area contributed by atoms with Crippen molar-refractivity contribution in [2.75, 3.05) is 5.32 Å². The van der Waals surface area contributed by atoms with Crippen LogP contribution in [0.1, 0.15) is 6.42 Å². The highest BCUT2D eigenvalue weighted by Gasteiger charge is 2.31. The Morgan fingerprint density at radius 1 is 1.30 bits per heavy atom. The standard InChI is InChI=1S/C13H13F3N2OS/c14-13(15,16)20-11-4-2-1-3-10(11)18-12(19)8-5-6-9(17)7-8/h1-6,8-9H,7,17H2,(H,18,19). The van der Waals surface area contributed by atoms with Gasteiger partial charge in [-0.3, -0.25) is 4.79 Å². The van der Waals surface area contributed by atoms with E-state index in [4.69, 9.17) is 5.73 Å². The molecule has 0 heterocycles. The molecule has 0 aliphatic heterocycles. The van der Waals surface area contributed by atoms with Gasteiger partial charge in [-0.15, -0.1) is 0 Å². The Hall–Kier alpha value is -1.47. The third-order valence-electron chi connectivity index (χ3n) is 2.82. The van der Waals surface area contributed by atoms with Crippen molar-refractivity contribution in [3.8, 4) is 0 Å². The van der Waals surface area contributed by atoms with Crippen molar-refractivity contribution < 1.29 is 18.0 Å². The van der Waals surface area contributed by atoms with Gasteiger partial charge >= 0.3 is 5.51 Å². The maximum absolute atomic E-state index is 12.4. The van der Waals surface area contributed by atoms with Crippen LogP contribution in [0.2, 0.25) is 0 Å². The van der Waals surface area contributed by atoms with Gasteiger partial charge in [0.1, 0.15) is 0 Å². The molecule has 20 heavy (non-hydrogen) atoms. The predicted molar refractivity (Wildman–Crippen MR) is 72.2 cm³/mol. The number of para-hydroxylation sites is 1. The zero-order chi connectivity index (χ0) is 14.8. The molecule has 0 fully saturated rings. The molecular weight excluding hydrogens is 289 g/mol. The second kappa shape index (κ2) is 5.88. The lowest BCUT2D eigenvalue weighted by Gasteiger charge is -2.14. The summed E-state index contributed by atoms with van der Waals surface area (Å²) in [6.07, 6.45) is 3.88. The lowest BCUT2D eigenvalue weighted by Crippen LogP contribution is -2.24.